The number of ether oxygens (including phenoxy) is 1. The first-order valence-electron chi connectivity index (χ1n) is 10.1. The van der Waals surface area contributed by atoms with Crippen LogP contribution in [0.5, 0.6) is 5.75 Å². The summed E-state index contributed by atoms with van der Waals surface area (Å²) in [4.78, 5) is 12.8. The second-order valence-corrected chi connectivity index (χ2v) is 9.05. The number of benzene rings is 2. The molecule has 6 nitrogen and oxygen atoms in total. The lowest BCUT2D eigenvalue weighted by Gasteiger charge is -2.20. The molecule has 29 heavy (non-hydrogen) atoms. The summed E-state index contributed by atoms with van der Waals surface area (Å²) in [6, 6.07) is 13.8. The number of amides is 1. The van der Waals surface area contributed by atoms with Gasteiger partial charge in [0, 0.05) is 25.2 Å². The largest absolute Gasteiger partial charge is 0.494 e. The molecule has 2 aromatic carbocycles. The average molecular weight is 417 g/mol. The Morgan fingerprint density at radius 1 is 1.03 bits per heavy atom. The van der Waals surface area contributed by atoms with Crippen LogP contribution in [0.15, 0.2) is 53.4 Å². The van der Waals surface area contributed by atoms with Crippen molar-refractivity contribution in [3.63, 3.8) is 0 Å². The van der Waals surface area contributed by atoms with Gasteiger partial charge in [-0.3, -0.25) is 4.79 Å². The number of sulfonamides is 1. The number of nitrogens with zero attached hydrogens (tertiary/aromatic N) is 1. The number of hydrogen-bond acceptors (Lipinski definition) is 4. The van der Waals surface area contributed by atoms with Crippen LogP contribution in [-0.4, -0.2) is 38.3 Å². The second-order valence-electron chi connectivity index (χ2n) is 7.11. The van der Waals surface area contributed by atoms with Crippen molar-refractivity contribution in [1.82, 2.24) is 9.62 Å². The van der Waals surface area contributed by atoms with Gasteiger partial charge in [-0.2, -0.15) is 4.31 Å². The summed E-state index contributed by atoms with van der Waals surface area (Å²) in [6.07, 6.45) is 3.86. The maximum absolute atomic E-state index is 13.0. The number of nitrogens with one attached hydrogen (secondary N) is 1. The van der Waals surface area contributed by atoms with Gasteiger partial charge in [-0.1, -0.05) is 31.0 Å². The van der Waals surface area contributed by atoms with Gasteiger partial charge in [-0.25, -0.2) is 8.42 Å². The summed E-state index contributed by atoms with van der Waals surface area (Å²) in [5.74, 6) is 0.449. The van der Waals surface area contributed by atoms with Crippen molar-refractivity contribution >= 4 is 15.9 Å². The quantitative estimate of drug-likeness (QED) is 0.749. The predicted octanol–water partition coefficient (Wildman–Crippen LogP) is 3.58. The Morgan fingerprint density at radius 2 is 1.76 bits per heavy atom. The lowest BCUT2D eigenvalue weighted by Crippen LogP contribution is -2.32. The van der Waals surface area contributed by atoms with Gasteiger partial charge in [0.15, 0.2) is 0 Å². The molecule has 2 aromatic rings. The Balaban J connectivity index is 1.70. The van der Waals surface area contributed by atoms with E-state index in [2.05, 4.69) is 5.32 Å². The number of hydrogen-bond donors (Lipinski definition) is 1. The molecule has 1 aliphatic rings. The molecule has 0 atom stereocenters. The zero-order valence-electron chi connectivity index (χ0n) is 16.8. The van der Waals surface area contributed by atoms with Gasteiger partial charge >= 0.3 is 0 Å². The molecule has 0 unspecified atom stereocenters. The molecule has 0 aliphatic carbocycles. The molecule has 1 heterocycles. The zero-order valence-corrected chi connectivity index (χ0v) is 17.6. The van der Waals surface area contributed by atoms with Crippen LogP contribution in [-0.2, 0) is 16.6 Å². The van der Waals surface area contributed by atoms with E-state index in [1.807, 2.05) is 31.2 Å². The summed E-state index contributed by atoms with van der Waals surface area (Å²) in [6.45, 7) is 3.90. The Hall–Kier alpha value is -2.38. The molecule has 1 fully saturated rings. The fraction of sp³-hybridized carbons (Fsp3) is 0.409. The van der Waals surface area contributed by atoms with Gasteiger partial charge in [0.1, 0.15) is 5.75 Å². The SMILES string of the molecule is CCOc1cccc(CNC(=O)c2cccc(S(=O)(=O)N3CCCCCC3)c2)c1. The van der Waals surface area contributed by atoms with Crippen LogP contribution in [0.2, 0.25) is 0 Å². The number of carbonyl (C=O) groups excluding carboxylic acids is 1. The minimum absolute atomic E-state index is 0.172. The fourth-order valence-electron chi connectivity index (χ4n) is 3.43. The van der Waals surface area contributed by atoms with Crippen molar-refractivity contribution in [1.29, 1.82) is 0 Å². The van der Waals surface area contributed by atoms with E-state index in [0.717, 1.165) is 37.0 Å². The molecule has 7 heteroatoms. The van der Waals surface area contributed by atoms with Crippen LogP contribution in [0, 0.1) is 0 Å². The predicted molar refractivity (Wildman–Crippen MR) is 112 cm³/mol. The smallest absolute Gasteiger partial charge is 0.251 e. The van der Waals surface area contributed by atoms with Gasteiger partial charge in [0.2, 0.25) is 10.0 Å². The molecule has 3 rings (SSSR count). The van der Waals surface area contributed by atoms with Gasteiger partial charge < -0.3 is 10.1 Å². The van der Waals surface area contributed by atoms with E-state index in [9.17, 15) is 13.2 Å². The summed E-state index contributed by atoms with van der Waals surface area (Å²) in [5, 5.41) is 2.85. The third kappa shape index (κ3) is 5.58. The van der Waals surface area contributed by atoms with Gasteiger partial charge in [0.25, 0.3) is 5.91 Å². The summed E-state index contributed by atoms with van der Waals surface area (Å²) >= 11 is 0. The first-order chi connectivity index (χ1) is 14.0. The van der Waals surface area contributed by atoms with Crippen LogP contribution in [0.3, 0.4) is 0 Å². The summed E-state index contributed by atoms with van der Waals surface area (Å²) < 4.78 is 33.0. The van der Waals surface area contributed by atoms with Crippen molar-refractivity contribution in [2.45, 2.75) is 44.0 Å². The molecule has 0 aromatic heterocycles. The molecule has 0 radical (unpaired) electrons. The zero-order chi connectivity index (χ0) is 20.7. The summed E-state index contributed by atoms with van der Waals surface area (Å²) in [5.41, 5.74) is 1.25. The van der Waals surface area contributed by atoms with Crippen LogP contribution >= 0.6 is 0 Å². The Bertz CT molecular complexity index is 935. The van der Waals surface area contributed by atoms with E-state index in [0.29, 0.717) is 31.8 Å². The van der Waals surface area contributed by atoms with E-state index in [-0.39, 0.29) is 10.8 Å². The Labute approximate surface area is 172 Å². The van der Waals surface area contributed by atoms with Gasteiger partial charge in [-0.05, 0) is 55.7 Å². The number of rotatable bonds is 7. The lowest BCUT2D eigenvalue weighted by atomic mass is 10.2. The van der Waals surface area contributed by atoms with Crippen molar-refractivity contribution in [2.24, 2.45) is 0 Å². The normalized spacial score (nSPS) is 15.5. The monoisotopic (exact) mass is 416 g/mol. The molecule has 1 N–H and O–H groups in total. The highest BCUT2D eigenvalue weighted by Gasteiger charge is 2.25. The van der Waals surface area contributed by atoms with Crippen molar-refractivity contribution in [3.8, 4) is 5.75 Å². The molecule has 1 saturated heterocycles. The molecule has 0 saturated carbocycles. The van der Waals surface area contributed by atoms with E-state index >= 15 is 0 Å². The van der Waals surface area contributed by atoms with Crippen LogP contribution in [0.1, 0.15) is 48.5 Å². The molecular formula is C22H28N2O4S. The molecule has 1 amide bonds. The van der Waals surface area contributed by atoms with Crippen molar-refractivity contribution < 1.29 is 17.9 Å². The first kappa shape index (κ1) is 21.3. The lowest BCUT2D eigenvalue weighted by molar-refractivity contribution is 0.0950. The van der Waals surface area contributed by atoms with E-state index in [1.165, 1.54) is 10.4 Å². The van der Waals surface area contributed by atoms with Crippen molar-refractivity contribution in [3.05, 3.63) is 59.7 Å². The Morgan fingerprint density at radius 3 is 2.48 bits per heavy atom. The van der Waals surface area contributed by atoms with Crippen LogP contribution in [0.25, 0.3) is 0 Å². The van der Waals surface area contributed by atoms with Gasteiger partial charge in [-0.15, -0.1) is 0 Å². The van der Waals surface area contributed by atoms with E-state index < -0.39 is 10.0 Å². The van der Waals surface area contributed by atoms with Crippen LogP contribution < -0.4 is 10.1 Å². The highest BCUT2D eigenvalue weighted by molar-refractivity contribution is 7.89. The minimum Gasteiger partial charge on any atom is -0.494 e. The highest BCUT2D eigenvalue weighted by atomic mass is 32.2. The third-order valence-corrected chi connectivity index (χ3v) is 6.86. The topological polar surface area (TPSA) is 75.7 Å². The summed E-state index contributed by atoms with van der Waals surface area (Å²) in [7, 11) is -3.58. The maximum atomic E-state index is 13.0. The highest BCUT2D eigenvalue weighted by Crippen LogP contribution is 2.21. The van der Waals surface area contributed by atoms with Crippen molar-refractivity contribution in [2.75, 3.05) is 19.7 Å². The Kier molecular flexibility index (Phi) is 7.28. The standard InChI is InChI=1S/C22H28N2O4S/c1-2-28-20-11-7-9-18(15-20)17-23-22(25)19-10-8-12-21(16-19)29(26,27)24-13-5-3-4-6-14-24/h7-12,15-16H,2-6,13-14,17H2,1H3,(H,23,25). The molecular weight excluding hydrogens is 388 g/mol. The minimum atomic E-state index is -3.58. The fourth-order valence-corrected chi connectivity index (χ4v) is 4.99. The molecule has 156 valence electrons. The molecule has 0 bridgehead atoms. The van der Waals surface area contributed by atoms with E-state index in [1.54, 1.807) is 18.2 Å². The third-order valence-electron chi connectivity index (χ3n) is 4.96. The molecule has 0 spiro atoms. The maximum Gasteiger partial charge on any atom is 0.251 e. The molecule has 1 aliphatic heterocycles. The average Bonchev–Trinajstić information content (AvgIpc) is 3.03. The first-order valence-corrected chi connectivity index (χ1v) is 11.5. The second kappa shape index (κ2) is 9.89. The van der Waals surface area contributed by atoms with Gasteiger partial charge in [0.05, 0.1) is 11.5 Å². The van der Waals surface area contributed by atoms with Crippen LogP contribution in [0.4, 0.5) is 0 Å². The van der Waals surface area contributed by atoms with E-state index in [4.69, 9.17) is 4.74 Å². The number of carbonyl (C=O) groups is 1.